The summed E-state index contributed by atoms with van der Waals surface area (Å²) in [5, 5.41) is 9.61. The van der Waals surface area contributed by atoms with E-state index in [4.69, 9.17) is 13.9 Å². The summed E-state index contributed by atoms with van der Waals surface area (Å²) in [6, 6.07) is 13.6. The number of hydrogen-bond donors (Lipinski definition) is 1. The lowest BCUT2D eigenvalue weighted by molar-refractivity contribution is 0.271. The zero-order valence-corrected chi connectivity index (χ0v) is 19.3. The molecule has 4 nitrogen and oxygen atoms in total. The summed E-state index contributed by atoms with van der Waals surface area (Å²) >= 11 is 0. The van der Waals surface area contributed by atoms with E-state index < -0.39 is 8.32 Å². The van der Waals surface area contributed by atoms with Crippen molar-refractivity contribution in [2.24, 2.45) is 0 Å². The maximum atomic E-state index is 9.42. The van der Waals surface area contributed by atoms with Gasteiger partial charge >= 0.3 is 0 Å². The summed E-state index contributed by atoms with van der Waals surface area (Å²) in [6.45, 7) is 16.3. The number of rotatable bonds is 10. The molecule has 0 unspecified atom stereocenters. The van der Waals surface area contributed by atoms with Crippen LogP contribution in [0, 0.1) is 0 Å². The lowest BCUT2D eigenvalue weighted by atomic mass is 10.1. The molecule has 0 aliphatic rings. The van der Waals surface area contributed by atoms with E-state index in [1.165, 1.54) is 0 Å². The molecule has 0 aromatic heterocycles. The molecule has 0 bridgehead atoms. The van der Waals surface area contributed by atoms with Gasteiger partial charge < -0.3 is 19.0 Å². The van der Waals surface area contributed by atoms with Gasteiger partial charge in [0.05, 0.1) is 13.2 Å². The molecule has 5 heteroatoms. The molecule has 0 atom stereocenters. The lowest BCUT2D eigenvalue weighted by Crippen LogP contribution is -2.40. The van der Waals surface area contributed by atoms with Crippen molar-refractivity contribution in [1.82, 2.24) is 0 Å². The molecule has 0 aliphatic carbocycles. The molecular formula is C24H34O4Si. The minimum atomic E-state index is -1.80. The van der Waals surface area contributed by atoms with Crippen LogP contribution in [0.15, 0.2) is 55.1 Å². The van der Waals surface area contributed by atoms with Crippen molar-refractivity contribution in [2.45, 2.75) is 58.7 Å². The SMILES string of the molecule is C=CCOc1ccc(CO)cc1COc1cccc(CO[Si](C)(C)C(C)(C)C)c1. The normalized spacial score (nSPS) is 11.9. The Balaban J connectivity index is 2.06. The molecule has 0 saturated carbocycles. The Morgan fingerprint density at radius 1 is 1.00 bits per heavy atom. The van der Waals surface area contributed by atoms with Gasteiger partial charge in [-0.15, -0.1) is 0 Å². The molecule has 0 aliphatic heterocycles. The summed E-state index contributed by atoms with van der Waals surface area (Å²) in [5.41, 5.74) is 2.81. The van der Waals surface area contributed by atoms with Gasteiger partial charge in [0.15, 0.2) is 8.32 Å². The number of benzene rings is 2. The van der Waals surface area contributed by atoms with Gasteiger partial charge in [-0.1, -0.05) is 51.6 Å². The Bertz CT molecular complexity index is 809. The van der Waals surface area contributed by atoms with Crippen LogP contribution in [0.4, 0.5) is 0 Å². The minimum Gasteiger partial charge on any atom is -0.489 e. The molecule has 0 saturated heterocycles. The number of aliphatic hydroxyl groups is 1. The first-order chi connectivity index (χ1) is 13.7. The van der Waals surface area contributed by atoms with Gasteiger partial charge in [-0.3, -0.25) is 0 Å². The van der Waals surface area contributed by atoms with Crippen LogP contribution in [-0.4, -0.2) is 20.0 Å². The standard InChI is InChI=1S/C24H34O4Si/c1-7-13-26-23-12-11-19(16-25)14-21(23)18-27-22-10-8-9-20(15-22)17-28-29(5,6)24(2,3)4/h7-12,14-15,25H,1,13,16-18H2,2-6H3. The summed E-state index contributed by atoms with van der Waals surface area (Å²) < 4.78 is 18.0. The molecule has 29 heavy (non-hydrogen) atoms. The highest BCUT2D eigenvalue weighted by molar-refractivity contribution is 6.74. The first kappa shape index (κ1) is 23.2. The van der Waals surface area contributed by atoms with Crippen molar-refractivity contribution in [2.75, 3.05) is 6.61 Å². The molecule has 2 aromatic carbocycles. The van der Waals surface area contributed by atoms with Crippen LogP contribution in [0.1, 0.15) is 37.5 Å². The fourth-order valence-corrected chi connectivity index (χ4v) is 3.46. The van der Waals surface area contributed by atoms with Crippen molar-refractivity contribution in [1.29, 1.82) is 0 Å². The second-order valence-corrected chi connectivity index (χ2v) is 13.5. The predicted octanol–water partition coefficient (Wildman–Crippen LogP) is 5.84. The van der Waals surface area contributed by atoms with Crippen LogP contribution < -0.4 is 9.47 Å². The molecule has 0 radical (unpaired) electrons. The molecule has 0 fully saturated rings. The van der Waals surface area contributed by atoms with E-state index in [1.54, 1.807) is 6.08 Å². The molecule has 158 valence electrons. The molecule has 1 N–H and O–H groups in total. The van der Waals surface area contributed by atoms with E-state index in [2.05, 4.69) is 46.5 Å². The molecule has 2 aromatic rings. The van der Waals surface area contributed by atoms with Crippen LogP contribution in [0.3, 0.4) is 0 Å². The van der Waals surface area contributed by atoms with Gasteiger partial charge in [0.1, 0.15) is 24.7 Å². The number of hydrogen-bond acceptors (Lipinski definition) is 4. The largest absolute Gasteiger partial charge is 0.489 e. The van der Waals surface area contributed by atoms with Crippen LogP contribution in [0.2, 0.25) is 18.1 Å². The Kier molecular flexibility index (Phi) is 8.08. The topological polar surface area (TPSA) is 47.9 Å². The van der Waals surface area contributed by atoms with Crippen molar-refractivity contribution < 1.29 is 19.0 Å². The molecule has 2 rings (SSSR count). The van der Waals surface area contributed by atoms with E-state index in [1.807, 2.05) is 36.4 Å². The van der Waals surface area contributed by atoms with Crippen LogP contribution in [0.25, 0.3) is 0 Å². The van der Waals surface area contributed by atoms with Gasteiger partial charge in [0.2, 0.25) is 0 Å². The van der Waals surface area contributed by atoms with E-state index in [0.29, 0.717) is 19.8 Å². The van der Waals surface area contributed by atoms with Crippen molar-refractivity contribution >= 4 is 8.32 Å². The van der Waals surface area contributed by atoms with Crippen LogP contribution in [0.5, 0.6) is 11.5 Å². The summed E-state index contributed by atoms with van der Waals surface area (Å²) in [7, 11) is -1.80. The first-order valence-corrected chi connectivity index (χ1v) is 12.9. The zero-order valence-electron chi connectivity index (χ0n) is 18.3. The maximum absolute atomic E-state index is 9.42. The Morgan fingerprint density at radius 2 is 1.76 bits per heavy atom. The zero-order chi connectivity index (χ0) is 21.5. The van der Waals surface area contributed by atoms with E-state index >= 15 is 0 Å². The predicted molar refractivity (Wildman–Crippen MR) is 121 cm³/mol. The molecule has 0 heterocycles. The Hall–Kier alpha value is -2.08. The third-order valence-corrected chi connectivity index (χ3v) is 9.84. The Labute approximate surface area is 176 Å². The average molecular weight is 415 g/mol. The van der Waals surface area contributed by atoms with Gasteiger partial charge in [0.25, 0.3) is 0 Å². The highest BCUT2D eigenvalue weighted by Gasteiger charge is 2.37. The molecular weight excluding hydrogens is 380 g/mol. The van der Waals surface area contributed by atoms with Crippen LogP contribution >= 0.6 is 0 Å². The molecule has 0 amide bonds. The van der Waals surface area contributed by atoms with Gasteiger partial charge in [-0.25, -0.2) is 0 Å². The van der Waals surface area contributed by atoms with Crippen LogP contribution in [-0.2, 0) is 24.2 Å². The third kappa shape index (κ3) is 6.73. The van der Waals surface area contributed by atoms with Gasteiger partial charge in [0, 0.05) is 5.56 Å². The van der Waals surface area contributed by atoms with E-state index in [9.17, 15) is 5.11 Å². The first-order valence-electron chi connectivity index (χ1n) is 9.98. The summed E-state index contributed by atoms with van der Waals surface area (Å²) in [4.78, 5) is 0. The monoisotopic (exact) mass is 414 g/mol. The van der Waals surface area contributed by atoms with E-state index in [-0.39, 0.29) is 11.6 Å². The lowest BCUT2D eigenvalue weighted by Gasteiger charge is -2.36. The van der Waals surface area contributed by atoms with Crippen molar-refractivity contribution in [3.8, 4) is 11.5 Å². The maximum Gasteiger partial charge on any atom is 0.192 e. The molecule has 0 spiro atoms. The fraction of sp³-hybridized carbons (Fsp3) is 0.417. The van der Waals surface area contributed by atoms with Gasteiger partial charge in [-0.05, 0) is 53.5 Å². The summed E-state index contributed by atoms with van der Waals surface area (Å²) in [5.74, 6) is 1.52. The van der Waals surface area contributed by atoms with Crippen molar-refractivity contribution in [3.63, 3.8) is 0 Å². The fourth-order valence-electron chi connectivity index (χ4n) is 2.50. The van der Waals surface area contributed by atoms with E-state index in [0.717, 1.165) is 28.2 Å². The van der Waals surface area contributed by atoms with Crippen molar-refractivity contribution in [3.05, 3.63) is 71.8 Å². The summed E-state index contributed by atoms with van der Waals surface area (Å²) in [6.07, 6.45) is 1.70. The highest BCUT2D eigenvalue weighted by Crippen LogP contribution is 2.37. The number of ether oxygens (including phenoxy) is 2. The smallest absolute Gasteiger partial charge is 0.192 e. The second-order valence-electron chi connectivity index (χ2n) is 8.68. The minimum absolute atomic E-state index is 0.0188. The quantitative estimate of drug-likeness (QED) is 0.392. The number of aliphatic hydroxyl groups excluding tert-OH is 1. The third-order valence-electron chi connectivity index (χ3n) is 5.36. The Morgan fingerprint density at radius 3 is 2.41 bits per heavy atom. The van der Waals surface area contributed by atoms with Gasteiger partial charge in [-0.2, -0.15) is 0 Å². The highest BCUT2D eigenvalue weighted by atomic mass is 28.4. The average Bonchev–Trinajstić information content (AvgIpc) is 2.69. The second kappa shape index (κ2) is 10.1.